The standard InChI is InChI=1S/C17H30N2OS/c1-14(2)16(18)11-12-19(3)17(20)10-6-4-5-8-15-9-7-13-21-15/h7,9,13-14,16H,4-6,8,10-12,18H2,1-3H3. The molecular weight excluding hydrogens is 280 g/mol. The fourth-order valence-corrected chi connectivity index (χ4v) is 2.95. The molecule has 1 amide bonds. The summed E-state index contributed by atoms with van der Waals surface area (Å²) in [6.07, 6.45) is 5.99. The number of rotatable bonds is 10. The Balaban J connectivity index is 2.06. The lowest BCUT2D eigenvalue weighted by atomic mass is 10.0. The fourth-order valence-electron chi connectivity index (χ4n) is 2.20. The first-order valence-corrected chi connectivity index (χ1v) is 8.90. The summed E-state index contributed by atoms with van der Waals surface area (Å²) in [6, 6.07) is 4.47. The summed E-state index contributed by atoms with van der Waals surface area (Å²) in [5.41, 5.74) is 6.01. The van der Waals surface area contributed by atoms with E-state index < -0.39 is 0 Å². The molecule has 1 unspecified atom stereocenters. The van der Waals surface area contributed by atoms with Crippen molar-refractivity contribution < 1.29 is 4.79 Å². The van der Waals surface area contributed by atoms with Crippen LogP contribution in [-0.2, 0) is 11.2 Å². The van der Waals surface area contributed by atoms with Crippen LogP contribution in [0.3, 0.4) is 0 Å². The third-order valence-electron chi connectivity index (χ3n) is 3.97. The Hall–Kier alpha value is -0.870. The highest BCUT2D eigenvalue weighted by atomic mass is 32.1. The van der Waals surface area contributed by atoms with Crippen molar-refractivity contribution in [3.05, 3.63) is 22.4 Å². The number of amides is 1. The molecule has 2 N–H and O–H groups in total. The second-order valence-corrected chi connectivity index (χ2v) is 7.18. The average molecular weight is 311 g/mol. The van der Waals surface area contributed by atoms with Gasteiger partial charge in [-0.05, 0) is 43.0 Å². The highest BCUT2D eigenvalue weighted by Crippen LogP contribution is 2.13. The zero-order valence-corrected chi connectivity index (χ0v) is 14.5. The minimum atomic E-state index is 0.186. The molecule has 4 heteroatoms. The highest BCUT2D eigenvalue weighted by Gasteiger charge is 2.12. The monoisotopic (exact) mass is 310 g/mol. The molecule has 1 atom stereocenters. The summed E-state index contributed by atoms with van der Waals surface area (Å²) < 4.78 is 0. The maximum Gasteiger partial charge on any atom is 0.222 e. The fraction of sp³-hybridized carbons (Fsp3) is 0.706. The molecule has 0 fully saturated rings. The van der Waals surface area contributed by atoms with Crippen molar-refractivity contribution in [2.24, 2.45) is 11.7 Å². The molecule has 0 aromatic carbocycles. The molecule has 1 aromatic rings. The summed E-state index contributed by atoms with van der Waals surface area (Å²) in [5.74, 6) is 0.729. The zero-order valence-electron chi connectivity index (χ0n) is 13.7. The quantitative estimate of drug-likeness (QED) is 0.670. The van der Waals surface area contributed by atoms with Gasteiger partial charge in [-0.1, -0.05) is 26.3 Å². The largest absolute Gasteiger partial charge is 0.346 e. The number of unbranched alkanes of at least 4 members (excludes halogenated alkanes) is 2. The Morgan fingerprint density at radius 2 is 2.10 bits per heavy atom. The molecule has 0 aliphatic rings. The van der Waals surface area contributed by atoms with Gasteiger partial charge in [0.1, 0.15) is 0 Å². The van der Waals surface area contributed by atoms with Crippen LogP contribution in [0, 0.1) is 5.92 Å². The van der Waals surface area contributed by atoms with Crippen LogP contribution in [0.2, 0.25) is 0 Å². The Morgan fingerprint density at radius 3 is 2.71 bits per heavy atom. The second kappa shape index (κ2) is 9.96. The van der Waals surface area contributed by atoms with Gasteiger partial charge in [0.05, 0.1) is 0 Å². The Morgan fingerprint density at radius 1 is 1.33 bits per heavy atom. The van der Waals surface area contributed by atoms with E-state index in [1.165, 1.54) is 11.3 Å². The minimum Gasteiger partial charge on any atom is -0.346 e. The lowest BCUT2D eigenvalue weighted by Crippen LogP contribution is -2.34. The number of thiophene rings is 1. The number of nitrogens with zero attached hydrogens (tertiary/aromatic N) is 1. The molecule has 0 radical (unpaired) electrons. The third kappa shape index (κ3) is 7.63. The molecule has 0 saturated carbocycles. The molecule has 0 spiro atoms. The van der Waals surface area contributed by atoms with Crippen molar-refractivity contribution in [2.45, 2.75) is 58.4 Å². The molecule has 1 rings (SSSR count). The molecule has 120 valence electrons. The predicted molar refractivity (Wildman–Crippen MR) is 91.6 cm³/mol. The Labute approximate surface area is 133 Å². The number of nitrogens with two attached hydrogens (primary N) is 1. The van der Waals surface area contributed by atoms with Crippen molar-refractivity contribution in [1.29, 1.82) is 0 Å². The van der Waals surface area contributed by atoms with Crippen LogP contribution in [0.25, 0.3) is 0 Å². The smallest absolute Gasteiger partial charge is 0.222 e. The summed E-state index contributed by atoms with van der Waals surface area (Å²) >= 11 is 1.82. The topological polar surface area (TPSA) is 46.3 Å². The van der Waals surface area contributed by atoms with Gasteiger partial charge in [-0.25, -0.2) is 0 Å². The van der Waals surface area contributed by atoms with Gasteiger partial charge >= 0.3 is 0 Å². The van der Waals surface area contributed by atoms with Crippen molar-refractivity contribution in [1.82, 2.24) is 4.90 Å². The van der Waals surface area contributed by atoms with Gasteiger partial charge < -0.3 is 10.6 Å². The van der Waals surface area contributed by atoms with Gasteiger partial charge in [-0.15, -0.1) is 11.3 Å². The van der Waals surface area contributed by atoms with Gasteiger partial charge in [0.15, 0.2) is 0 Å². The van der Waals surface area contributed by atoms with Crippen LogP contribution >= 0.6 is 11.3 Å². The maximum atomic E-state index is 12.0. The molecule has 0 aliphatic heterocycles. The van der Waals surface area contributed by atoms with Crippen LogP contribution in [0.5, 0.6) is 0 Å². The van der Waals surface area contributed by atoms with E-state index in [4.69, 9.17) is 5.73 Å². The van der Waals surface area contributed by atoms with E-state index in [0.29, 0.717) is 12.3 Å². The average Bonchev–Trinajstić information content (AvgIpc) is 2.96. The Bertz CT molecular complexity index is 390. The van der Waals surface area contributed by atoms with E-state index in [1.807, 2.05) is 23.3 Å². The van der Waals surface area contributed by atoms with Gasteiger partial charge in [0, 0.05) is 30.9 Å². The van der Waals surface area contributed by atoms with E-state index in [1.54, 1.807) is 0 Å². The van der Waals surface area contributed by atoms with Gasteiger partial charge in [-0.3, -0.25) is 4.79 Å². The summed E-state index contributed by atoms with van der Waals surface area (Å²) in [6.45, 7) is 5.02. The zero-order chi connectivity index (χ0) is 15.7. The summed E-state index contributed by atoms with van der Waals surface area (Å²) in [5, 5.41) is 2.12. The van der Waals surface area contributed by atoms with Crippen LogP contribution in [0.15, 0.2) is 17.5 Å². The highest BCUT2D eigenvalue weighted by molar-refractivity contribution is 7.09. The van der Waals surface area contributed by atoms with Crippen molar-refractivity contribution in [3.63, 3.8) is 0 Å². The normalized spacial score (nSPS) is 12.6. The molecule has 0 aliphatic carbocycles. The first-order valence-electron chi connectivity index (χ1n) is 8.02. The molecule has 0 bridgehead atoms. The van der Waals surface area contributed by atoms with Gasteiger partial charge in [0.2, 0.25) is 5.91 Å². The summed E-state index contributed by atoms with van der Waals surface area (Å²) in [7, 11) is 1.89. The lowest BCUT2D eigenvalue weighted by molar-refractivity contribution is -0.130. The van der Waals surface area contributed by atoms with Crippen LogP contribution < -0.4 is 5.73 Å². The Kier molecular flexibility index (Phi) is 8.62. The molecule has 1 aromatic heterocycles. The number of aryl methyl sites for hydroxylation is 1. The minimum absolute atomic E-state index is 0.186. The second-order valence-electron chi connectivity index (χ2n) is 6.15. The van der Waals surface area contributed by atoms with Crippen LogP contribution in [0.1, 0.15) is 50.8 Å². The first kappa shape index (κ1) is 18.2. The van der Waals surface area contributed by atoms with E-state index >= 15 is 0 Å². The van der Waals surface area contributed by atoms with Crippen LogP contribution in [-0.4, -0.2) is 30.4 Å². The number of carbonyl (C=O) groups is 1. The van der Waals surface area contributed by atoms with E-state index in [-0.39, 0.29) is 11.9 Å². The predicted octanol–water partition coefficient (Wildman–Crippen LogP) is 3.68. The molecule has 1 heterocycles. The van der Waals surface area contributed by atoms with Crippen molar-refractivity contribution in [3.8, 4) is 0 Å². The van der Waals surface area contributed by atoms with Crippen LogP contribution in [0.4, 0.5) is 0 Å². The van der Waals surface area contributed by atoms with Gasteiger partial charge in [-0.2, -0.15) is 0 Å². The maximum absolute atomic E-state index is 12.0. The van der Waals surface area contributed by atoms with Crippen molar-refractivity contribution in [2.75, 3.05) is 13.6 Å². The van der Waals surface area contributed by atoms with Gasteiger partial charge in [0.25, 0.3) is 0 Å². The number of carbonyl (C=O) groups excluding carboxylic acids is 1. The SMILES string of the molecule is CC(C)C(N)CCN(C)C(=O)CCCCCc1cccs1. The molecule has 0 saturated heterocycles. The molecule has 3 nitrogen and oxygen atoms in total. The lowest BCUT2D eigenvalue weighted by Gasteiger charge is -2.21. The third-order valence-corrected chi connectivity index (χ3v) is 4.91. The van der Waals surface area contributed by atoms with E-state index in [0.717, 1.165) is 32.2 Å². The molecule has 21 heavy (non-hydrogen) atoms. The van der Waals surface area contributed by atoms with Crippen molar-refractivity contribution >= 4 is 17.2 Å². The summed E-state index contributed by atoms with van der Waals surface area (Å²) in [4.78, 5) is 15.3. The van der Waals surface area contributed by atoms with E-state index in [9.17, 15) is 4.79 Å². The first-order chi connectivity index (χ1) is 10.0. The number of hydrogen-bond donors (Lipinski definition) is 1. The molecular formula is C17H30N2OS. The van der Waals surface area contributed by atoms with E-state index in [2.05, 4.69) is 31.4 Å². The number of hydrogen-bond acceptors (Lipinski definition) is 3.